The number of anilines is 1. The van der Waals surface area contributed by atoms with E-state index in [0.717, 1.165) is 17.4 Å². The zero-order valence-electron chi connectivity index (χ0n) is 14.0. The lowest BCUT2D eigenvalue weighted by atomic mass is 10.2. The third-order valence-corrected chi connectivity index (χ3v) is 3.75. The van der Waals surface area contributed by atoms with Crippen LogP contribution in [0.2, 0.25) is 0 Å². The van der Waals surface area contributed by atoms with Gasteiger partial charge in [-0.05, 0) is 48.9 Å². The predicted octanol–water partition coefficient (Wildman–Crippen LogP) is 3.86. The number of benzene rings is 2. The fourth-order valence-corrected chi connectivity index (χ4v) is 2.45. The van der Waals surface area contributed by atoms with E-state index in [2.05, 4.69) is 10.4 Å². The highest BCUT2D eigenvalue weighted by molar-refractivity contribution is 6.02. The van der Waals surface area contributed by atoms with Crippen LogP contribution in [0.5, 0.6) is 5.75 Å². The molecule has 0 saturated heterocycles. The summed E-state index contributed by atoms with van der Waals surface area (Å²) in [6, 6.07) is 10.1. The standard InChI is InChI=1S/C19H18FN3O2/c1-3-23-12-14-6-7-15(11-17(14)22-23)21-19(24)9-5-13-4-8-18(25-2)16(20)10-13/h4-12H,3H2,1-2H3,(H,21,24)/b9-5-. The van der Waals surface area contributed by atoms with Gasteiger partial charge in [0.15, 0.2) is 11.6 Å². The summed E-state index contributed by atoms with van der Waals surface area (Å²) in [7, 11) is 1.40. The highest BCUT2D eigenvalue weighted by atomic mass is 19.1. The first kappa shape index (κ1) is 16.7. The molecule has 0 unspecified atom stereocenters. The van der Waals surface area contributed by atoms with Crippen molar-refractivity contribution in [3.05, 3.63) is 60.1 Å². The Morgan fingerprint density at radius 1 is 1.32 bits per heavy atom. The molecule has 128 valence electrons. The summed E-state index contributed by atoms with van der Waals surface area (Å²) in [6.07, 6.45) is 4.86. The van der Waals surface area contributed by atoms with E-state index in [0.29, 0.717) is 11.3 Å². The maximum atomic E-state index is 13.6. The second kappa shape index (κ2) is 7.17. The molecule has 6 heteroatoms. The van der Waals surface area contributed by atoms with Crippen LogP contribution in [0, 0.1) is 5.82 Å². The van der Waals surface area contributed by atoms with E-state index in [4.69, 9.17) is 4.74 Å². The van der Waals surface area contributed by atoms with Gasteiger partial charge < -0.3 is 10.1 Å². The second-order valence-corrected chi connectivity index (χ2v) is 5.47. The van der Waals surface area contributed by atoms with Gasteiger partial charge in [-0.15, -0.1) is 0 Å². The van der Waals surface area contributed by atoms with Crippen LogP contribution in [0.15, 0.2) is 48.7 Å². The van der Waals surface area contributed by atoms with E-state index in [9.17, 15) is 9.18 Å². The molecule has 0 saturated carbocycles. The normalized spacial score (nSPS) is 11.2. The minimum atomic E-state index is -0.470. The molecule has 1 amide bonds. The van der Waals surface area contributed by atoms with Gasteiger partial charge in [-0.2, -0.15) is 5.10 Å². The highest BCUT2D eigenvalue weighted by Crippen LogP contribution is 2.19. The largest absolute Gasteiger partial charge is 0.494 e. The summed E-state index contributed by atoms with van der Waals surface area (Å²) in [5.41, 5.74) is 2.05. The van der Waals surface area contributed by atoms with Gasteiger partial charge in [-0.3, -0.25) is 9.48 Å². The van der Waals surface area contributed by atoms with Crippen molar-refractivity contribution in [2.24, 2.45) is 0 Å². The van der Waals surface area contributed by atoms with Gasteiger partial charge in [0.2, 0.25) is 5.91 Å². The molecular weight excluding hydrogens is 321 g/mol. The van der Waals surface area contributed by atoms with Gasteiger partial charge in [0.1, 0.15) is 0 Å². The van der Waals surface area contributed by atoms with Crippen molar-refractivity contribution in [2.75, 3.05) is 12.4 Å². The van der Waals surface area contributed by atoms with Gasteiger partial charge in [0.25, 0.3) is 0 Å². The lowest BCUT2D eigenvalue weighted by molar-refractivity contribution is -0.111. The van der Waals surface area contributed by atoms with E-state index in [-0.39, 0.29) is 11.7 Å². The molecule has 1 N–H and O–H groups in total. The Morgan fingerprint density at radius 3 is 2.88 bits per heavy atom. The van der Waals surface area contributed by atoms with Crippen LogP contribution in [-0.2, 0) is 11.3 Å². The fraction of sp³-hybridized carbons (Fsp3) is 0.158. The number of amides is 1. The number of aromatic nitrogens is 2. The lowest BCUT2D eigenvalue weighted by Gasteiger charge is -2.03. The van der Waals surface area contributed by atoms with Crippen LogP contribution >= 0.6 is 0 Å². The van der Waals surface area contributed by atoms with E-state index in [1.54, 1.807) is 12.1 Å². The van der Waals surface area contributed by atoms with E-state index in [1.807, 2.05) is 36.0 Å². The number of nitrogens with zero attached hydrogens (tertiary/aromatic N) is 2. The minimum absolute atomic E-state index is 0.168. The Kier molecular flexibility index (Phi) is 4.79. The monoisotopic (exact) mass is 339 g/mol. The molecule has 3 aromatic rings. The molecule has 0 aliphatic carbocycles. The molecule has 1 heterocycles. The number of ether oxygens (including phenoxy) is 1. The molecule has 25 heavy (non-hydrogen) atoms. The van der Waals surface area contributed by atoms with Crippen molar-refractivity contribution in [3.63, 3.8) is 0 Å². The van der Waals surface area contributed by atoms with Crippen molar-refractivity contribution in [2.45, 2.75) is 13.5 Å². The molecule has 0 atom stereocenters. The quantitative estimate of drug-likeness (QED) is 0.718. The zero-order valence-corrected chi connectivity index (χ0v) is 14.0. The average Bonchev–Trinajstić information content (AvgIpc) is 3.02. The Labute approximate surface area is 144 Å². The van der Waals surface area contributed by atoms with Gasteiger partial charge in [0, 0.05) is 29.9 Å². The van der Waals surface area contributed by atoms with Gasteiger partial charge in [-0.1, -0.05) is 6.07 Å². The van der Waals surface area contributed by atoms with Crippen molar-refractivity contribution in [1.82, 2.24) is 9.78 Å². The SMILES string of the molecule is CCn1cc2ccc(NC(=O)/C=C\c3ccc(OC)c(F)c3)cc2n1. The van der Waals surface area contributed by atoms with Crippen LogP contribution in [-0.4, -0.2) is 22.8 Å². The van der Waals surface area contributed by atoms with Crippen molar-refractivity contribution < 1.29 is 13.9 Å². The first-order valence-electron chi connectivity index (χ1n) is 7.89. The topological polar surface area (TPSA) is 56.2 Å². The number of nitrogens with one attached hydrogen (secondary N) is 1. The van der Waals surface area contributed by atoms with E-state index in [1.165, 1.54) is 25.3 Å². The molecule has 2 aromatic carbocycles. The number of hydrogen-bond acceptors (Lipinski definition) is 3. The molecule has 0 aliphatic heterocycles. The van der Waals surface area contributed by atoms with Crippen molar-refractivity contribution in [1.29, 1.82) is 0 Å². The Morgan fingerprint density at radius 2 is 2.16 bits per heavy atom. The smallest absolute Gasteiger partial charge is 0.248 e. The number of fused-ring (bicyclic) bond motifs is 1. The number of aryl methyl sites for hydroxylation is 1. The van der Waals surface area contributed by atoms with Gasteiger partial charge >= 0.3 is 0 Å². The molecular formula is C19H18FN3O2. The van der Waals surface area contributed by atoms with E-state index >= 15 is 0 Å². The van der Waals surface area contributed by atoms with Crippen molar-refractivity contribution >= 4 is 28.6 Å². The number of rotatable bonds is 5. The van der Waals surface area contributed by atoms with Crippen LogP contribution in [0.25, 0.3) is 17.0 Å². The lowest BCUT2D eigenvalue weighted by Crippen LogP contribution is -2.07. The molecule has 0 radical (unpaired) electrons. The molecule has 3 rings (SSSR count). The van der Waals surface area contributed by atoms with Gasteiger partial charge in [-0.25, -0.2) is 4.39 Å². The Bertz CT molecular complexity index is 947. The number of methoxy groups -OCH3 is 1. The maximum absolute atomic E-state index is 13.6. The molecule has 1 aromatic heterocycles. The number of carbonyl (C=O) groups is 1. The van der Waals surface area contributed by atoms with Crippen LogP contribution in [0.1, 0.15) is 12.5 Å². The second-order valence-electron chi connectivity index (χ2n) is 5.47. The number of hydrogen-bond donors (Lipinski definition) is 1. The summed E-state index contributed by atoms with van der Waals surface area (Å²) < 4.78 is 20.3. The zero-order chi connectivity index (χ0) is 17.8. The number of carbonyl (C=O) groups excluding carboxylic acids is 1. The highest BCUT2D eigenvalue weighted by Gasteiger charge is 2.04. The predicted molar refractivity (Wildman–Crippen MR) is 96.0 cm³/mol. The van der Waals surface area contributed by atoms with Crippen molar-refractivity contribution in [3.8, 4) is 5.75 Å². The average molecular weight is 339 g/mol. The third kappa shape index (κ3) is 3.85. The van der Waals surface area contributed by atoms with E-state index < -0.39 is 5.82 Å². The van der Waals surface area contributed by atoms with Gasteiger partial charge in [0.05, 0.1) is 12.6 Å². The molecule has 0 bridgehead atoms. The van der Waals surface area contributed by atoms with Crippen LogP contribution in [0.3, 0.4) is 0 Å². The third-order valence-electron chi connectivity index (χ3n) is 3.75. The summed E-state index contributed by atoms with van der Waals surface area (Å²) in [6.45, 7) is 2.80. The van der Waals surface area contributed by atoms with Crippen LogP contribution in [0.4, 0.5) is 10.1 Å². The summed E-state index contributed by atoms with van der Waals surface area (Å²) >= 11 is 0. The molecule has 5 nitrogen and oxygen atoms in total. The Balaban J connectivity index is 1.70. The molecule has 0 fully saturated rings. The summed E-state index contributed by atoms with van der Waals surface area (Å²) in [4.78, 5) is 12.0. The van der Waals surface area contributed by atoms with Crippen LogP contribution < -0.4 is 10.1 Å². The summed E-state index contributed by atoms with van der Waals surface area (Å²) in [5, 5.41) is 8.21. The summed E-state index contributed by atoms with van der Waals surface area (Å²) in [5.74, 6) is -0.603. The Hall–Kier alpha value is -3.15. The first-order valence-corrected chi connectivity index (χ1v) is 7.89. The minimum Gasteiger partial charge on any atom is -0.494 e. The fourth-order valence-electron chi connectivity index (χ4n) is 2.45. The first-order chi connectivity index (χ1) is 12.1. The maximum Gasteiger partial charge on any atom is 0.248 e. The number of halogens is 1. The molecule has 0 spiro atoms. The molecule has 0 aliphatic rings.